The molecular formula is C40H73O8P. The number of rotatable bonds is 36. The lowest BCUT2D eigenvalue weighted by Gasteiger charge is -2.19. The lowest BCUT2D eigenvalue weighted by molar-refractivity contribution is -0.161. The van der Waals surface area contributed by atoms with Crippen molar-refractivity contribution >= 4 is 19.8 Å². The molecule has 0 aromatic heterocycles. The van der Waals surface area contributed by atoms with Gasteiger partial charge in [0.05, 0.1) is 13.2 Å². The second-order valence-corrected chi connectivity index (χ2v) is 14.4. The number of phosphoric ester groups is 1. The van der Waals surface area contributed by atoms with Gasteiger partial charge in [0, 0.05) is 12.8 Å². The number of carbonyl (C=O) groups excluding carboxylic acids is 2. The summed E-state index contributed by atoms with van der Waals surface area (Å²) in [5, 5.41) is 0. The molecule has 0 radical (unpaired) electrons. The molecule has 9 heteroatoms. The topological polar surface area (TPSA) is 108 Å². The van der Waals surface area contributed by atoms with Gasteiger partial charge in [-0.3, -0.25) is 18.6 Å². The highest BCUT2D eigenvalue weighted by Gasteiger charge is 2.25. The van der Waals surface area contributed by atoms with Crippen LogP contribution in [0.25, 0.3) is 0 Å². The van der Waals surface area contributed by atoms with E-state index in [1.165, 1.54) is 83.5 Å². The molecule has 0 aliphatic carbocycles. The SMILES string of the molecule is CC/C=C\C/C=C\C/C=C\CCCCCC(=O)OC(COC(=O)CCCCCCCCCCCCCCCCCC)COP(=O)(O)OCC. The Morgan fingerprint density at radius 2 is 1.04 bits per heavy atom. The fourth-order valence-electron chi connectivity index (χ4n) is 5.35. The van der Waals surface area contributed by atoms with E-state index in [4.69, 9.17) is 18.5 Å². The minimum absolute atomic E-state index is 0.00490. The van der Waals surface area contributed by atoms with Gasteiger partial charge in [-0.25, -0.2) is 4.57 Å². The van der Waals surface area contributed by atoms with Gasteiger partial charge < -0.3 is 14.4 Å². The van der Waals surface area contributed by atoms with E-state index in [2.05, 4.69) is 50.3 Å². The second-order valence-electron chi connectivity index (χ2n) is 12.9. The van der Waals surface area contributed by atoms with Crippen molar-refractivity contribution in [2.45, 2.75) is 187 Å². The van der Waals surface area contributed by atoms with Gasteiger partial charge in [-0.15, -0.1) is 0 Å². The van der Waals surface area contributed by atoms with Crippen molar-refractivity contribution in [1.82, 2.24) is 0 Å². The third-order valence-electron chi connectivity index (χ3n) is 8.21. The lowest BCUT2D eigenvalue weighted by atomic mass is 10.0. The molecule has 2 unspecified atom stereocenters. The second kappa shape index (κ2) is 36.1. The molecule has 2 atom stereocenters. The Labute approximate surface area is 300 Å². The third kappa shape index (κ3) is 35.9. The fraction of sp³-hybridized carbons (Fsp3) is 0.800. The molecule has 0 fully saturated rings. The normalized spacial score (nSPS) is 13.8. The number of phosphoric acid groups is 1. The predicted octanol–water partition coefficient (Wildman–Crippen LogP) is 12.1. The summed E-state index contributed by atoms with van der Waals surface area (Å²) in [6.45, 7) is 5.32. The van der Waals surface area contributed by atoms with E-state index < -0.39 is 26.5 Å². The summed E-state index contributed by atoms with van der Waals surface area (Å²) in [5.74, 6) is -0.829. The molecule has 0 heterocycles. The number of hydrogen-bond donors (Lipinski definition) is 1. The maximum Gasteiger partial charge on any atom is 0.472 e. The van der Waals surface area contributed by atoms with Crippen LogP contribution in [-0.4, -0.2) is 42.8 Å². The van der Waals surface area contributed by atoms with Crippen molar-refractivity contribution < 1.29 is 37.6 Å². The minimum Gasteiger partial charge on any atom is -0.462 e. The van der Waals surface area contributed by atoms with Gasteiger partial charge in [0.1, 0.15) is 6.61 Å². The van der Waals surface area contributed by atoms with Gasteiger partial charge in [-0.2, -0.15) is 0 Å². The summed E-state index contributed by atoms with van der Waals surface area (Å²) >= 11 is 0. The number of ether oxygens (including phenoxy) is 2. The first-order valence-corrected chi connectivity index (χ1v) is 21.3. The first kappa shape index (κ1) is 47.3. The Bertz CT molecular complexity index is 901. The molecule has 0 aromatic rings. The summed E-state index contributed by atoms with van der Waals surface area (Å²) in [7, 11) is -4.28. The molecule has 8 nitrogen and oxygen atoms in total. The monoisotopic (exact) mass is 713 g/mol. The molecule has 0 saturated heterocycles. The van der Waals surface area contributed by atoms with E-state index in [0.717, 1.165) is 57.8 Å². The number of hydrogen-bond acceptors (Lipinski definition) is 7. The highest BCUT2D eigenvalue weighted by atomic mass is 31.2. The number of allylic oxidation sites excluding steroid dienone is 6. The molecule has 49 heavy (non-hydrogen) atoms. The Morgan fingerprint density at radius 3 is 1.57 bits per heavy atom. The molecule has 0 aromatic carbocycles. The Kier molecular flexibility index (Phi) is 34.8. The molecule has 0 bridgehead atoms. The van der Waals surface area contributed by atoms with E-state index in [0.29, 0.717) is 12.8 Å². The van der Waals surface area contributed by atoms with Crippen molar-refractivity contribution in [3.05, 3.63) is 36.5 Å². The van der Waals surface area contributed by atoms with E-state index in [9.17, 15) is 19.0 Å². The van der Waals surface area contributed by atoms with Gasteiger partial charge in [-0.1, -0.05) is 153 Å². The molecule has 1 N–H and O–H groups in total. The van der Waals surface area contributed by atoms with Gasteiger partial charge in [0.15, 0.2) is 6.10 Å². The zero-order valence-electron chi connectivity index (χ0n) is 31.6. The standard InChI is InChI=1S/C40H73O8P/c1-4-7-9-11-13-15-17-19-20-21-23-24-26-28-30-32-34-39(41)45-36-38(37-47-49(43,44)46-6-3)48-40(42)35-33-31-29-27-25-22-18-16-14-12-10-8-5-2/h8,10,14,16,22,25,38H,4-7,9,11-13,15,17-21,23-24,26-37H2,1-3H3,(H,43,44)/b10-8-,16-14-,25-22-. The first-order valence-electron chi connectivity index (χ1n) is 19.8. The highest BCUT2D eigenvalue weighted by Crippen LogP contribution is 2.43. The van der Waals surface area contributed by atoms with E-state index >= 15 is 0 Å². The van der Waals surface area contributed by atoms with E-state index in [1.54, 1.807) is 6.92 Å². The quantitative estimate of drug-likeness (QED) is 0.0296. The zero-order valence-corrected chi connectivity index (χ0v) is 32.5. The van der Waals surface area contributed by atoms with Gasteiger partial charge in [-0.05, 0) is 51.9 Å². The fourth-order valence-corrected chi connectivity index (χ4v) is 6.10. The summed E-state index contributed by atoms with van der Waals surface area (Å²) in [5.41, 5.74) is 0. The first-order chi connectivity index (χ1) is 23.8. The maximum atomic E-state index is 12.5. The van der Waals surface area contributed by atoms with Crippen LogP contribution in [0.3, 0.4) is 0 Å². The summed E-state index contributed by atoms with van der Waals surface area (Å²) in [4.78, 5) is 34.6. The van der Waals surface area contributed by atoms with Crippen molar-refractivity contribution in [3.63, 3.8) is 0 Å². The molecule has 0 rings (SSSR count). The molecule has 286 valence electrons. The minimum atomic E-state index is -4.28. The van der Waals surface area contributed by atoms with Crippen molar-refractivity contribution in [2.24, 2.45) is 0 Å². The van der Waals surface area contributed by atoms with Crippen molar-refractivity contribution in [3.8, 4) is 0 Å². The Morgan fingerprint density at radius 1 is 0.571 bits per heavy atom. The smallest absolute Gasteiger partial charge is 0.462 e. The molecule has 0 amide bonds. The van der Waals surface area contributed by atoms with Gasteiger partial charge in [0.25, 0.3) is 0 Å². The average Bonchev–Trinajstić information content (AvgIpc) is 3.07. The van der Waals surface area contributed by atoms with Crippen LogP contribution in [0.4, 0.5) is 0 Å². The van der Waals surface area contributed by atoms with E-state index in [1.807, 2.05) is 0 Å². The molecule has 0 aliphatic rings. The molecule has 0 spiro atoms. The van der Waals surface area contributed by atoms with Crippen LogP contribution in [-0.2, 0) is 32.7 Å². The number of esters is 2. The summed E-state index contributed by atoms with van der Waals surface area (Å²) in [6.07, 6.45) is 39.1. The predicted molar refractivity (Wildman–Crippen MR) is 202 cm³/mol. The van der Waals surface area contributed by atoms with Crippen molar-refractivity contribution in [1.29, 1.82) is 0 Å². The van der Waals surface area contributed by atoms with Gasteiger partial charge in [0.2, 0.25) is 0 Å². The summed E-state index contributed by atoms with van der Waals surface area (Å²) in [6, 6.07) is 0. The van der Waals surface area contributed by atoms with Crippen LogP contribution >= 0.6 is 7.82 Å². The van der Waals surface area contributed by atoms with Crippen LogP contribution in [0.1, 0.15) is 181 Å². The molecule has 0 saturated carbocycles. The Balaban J connectivity index is 4.14. The zero-order chi connectivity index (χ0) is 36.1. The number of carbonyl (C=O) groups is 2. The van der Waals surface area contributed by atoms with Crippen molar-refractivity contribution in [2.75, 3.05) is 19.8 Å². The van der Waals surface area contributed by atoms with Crippen LogP contribution in [0.2, 0.25) is 0 Å². The summed E-state index contributed by atoms with van der Waals surface area (Å²) < 4.78 is 32.5. The number of unbranched alkanes of at least 4 members (excludes halogenated alkanes) is 18. The highest BCUT2D eigenvalue weighted by molar-refractivity contribution is 7.47. The molecule has 0 aliphatic heterocycles. The van der Waals surface area contributed by atoms with E-state index in [-0.39, 0.29) is 25.6 Å². The lowest BCUT2D eigenvalue weighted by Crippen LogP contribution is -2.29. The maximum absolute atomic E-state index is 12.5. The third-order valence-corrected chi connectivity index (χ3v) is 9.27. The van der Waals surface area contributed by atoms with Crippen LogP contribution < -0.4 is 0 Å². The largest absolute Gasteiger partial charge is 0.472 e. The van der Waals surface area contributed by atoms with Crippen LogP contribution in [0.5, 0.6) is 0 Å². The van der Waals surface area contributed by atoms with Crippen LogP contribution in [0, 0.1) is 0 Å². The average molecular weight is 713 g/mol. The van der Waals surface area contributed by atoms with Crippen LogP contribution in [0.15, 0.2) is 36.5 Å². The molecular weight excluding hydrogens is 639 g/mol. The Hall–Kier alpha value is -1.73. The van der Waals surface area contributed by atoms with Gasteiger partial charge >= 0.3 is 19.8 Å².